The second kappa shape index (κ2) is 5.54. The molecule has 0 fully saturated rings. The van der Waals surface area contributed by atoms with Gasteiger partial charge in [0, 0.05) is 23.2 Å². The van der Waals surface area contributed by atoms with Crippen LogP contribution in [0.3, 0.4) is 0 Å². The molecule has 0 radical (unpaired) electrons. The van der Waals surface area contributed by atoms with E-state index >= 15 is 0 Å². The first kappa shape index (κ1) is 13.1. The number of aryl methyl sites for hydroxylation is 1. The van der Waals surface area contributed by atoms with Gasteiger partial charge in [-0.1, -0.05) is 6.92 Å². The first-order chi connectivity index (χ1) is 8.65. The Morgan fingerprint density at radius 2 is 2.28 bits per heavy atom. The molecule has 18 heavy (non-hydrogen) atoms. The van der Waals surface area contributed by atoms with E-state index in [4.69, 9.17) is 4.74 Å². The van der Waals surface area contributed by atoms with Crippen LogP contribution in [0.4, 0.5) is 10.8 Å². The summed E-state index contributed by atoms with van der Waals surface area (Å²) >= 11 is 1.70. The summed E-state index contributed by atoms with van der Waals surface area (Å²) in [6.07, 6.45) is 1.11. The summed E-state index contributed by atoms with van der Waals surface area (Å²) in [7, 11) is 1.73. The molecule has 0 aromatic carbocycles. The fraction of sp³-hybridized carbons (Fsp3) is 0.462. The molecule has 5 heteroatoms. The van der Waals surface area contributed by atoms with E-state index in [0.717, 1.165) is 17.2 Å². The second-order valence-corrected chi connectivity index (χ2v) is 5.35. The third-order valence-corrected chi connectivity index (χ3v) is 4.25. The van der Waals surface area contributed by atoms with Crippen molar-refractivity contribution in [2.75, 3.05) is 12.4 Å². The van der Waals surface area contributed by atoms with Crippen molar-refractivity contribution < 1.29 is 4.74 Å². The number of H-pyrrole nitrogens is 1. The molecular weight excluding hydrogens is 246 g/mol. The van der Waals surface area contributed by atoms with Crippen LogP contribution in [0.2, 0.25) is 0 Å². The summed E-state index contributed by atoms with van der Waals surface area (Å²) in [6.45, 7) is 6.25. The van der Waals surface area contributed by atoms with Crippen LogP contribution in [0.15, 0.2) is 12.1 Å². The average Bonchev–Trinajstić information content (AvgIpc) is 2.97. The van der Waals surface area contributed by atoms with E-state index < -0.39 is 0 Å². The van der Waals surface area contributed by atoms with Gasteiger partial charge < -0.3 is 10.1 Å². The number of ether oxygens (including phenoxy) is 1. The lowest BCUT2D eigenvalue weighted by atomic mass is 10.2. The van der Waals surface area contributed by atoms with Crippen LogP contribution in [0, 0.1) is 6.92 Å². The Bertz CT molecular complexity index is 518. The number of aromatic amines is 1. The zero-order valence-corrected chi connectivity index (χ0v) is 12.0. The van der Waals surface area contributed by atoms with Crippen LogP contribution in [0.1, 0.15) is 36.1 Å². The standard InChI is InChI=1S/C13H19N3OS/c1-5-10-8(2)13(16-15-10)14-12-7-6-11(18-12)9(3)17-4/h6-7,9H,5H2,1-4H3,(H2,14,15,16). The van der Waals surface area contributed by atoms with Gasteiger partial charge in [0.25, 0.3) is 0 Å². The highest BCUT2D eigenvalue weighted by atomic mass is 32.1. The van der Waals surface area contributed by atoms with Crippen molar-refractivity contribution >= 4 is 22.2 Å². The Morgan fingerprint density at radius 3 is 2.89 bits per heavy atom. The van der Waals surface area contributed by atoms with E-state index in [1.54, 1.807) is 18.4 Å². The lowest BCUT2D eigenvalue weighted by Gasteiger charge is -2.05. The number of hydrogen-bond donors (Lipinski definition) is 2. The molecule has 0 spiro atoms. The molecule has 0 saturated carbocycles. The van der Waals surface area contributed by atoms with E-state index in [2.05, 4.69) is 41.5 Å². The maximum absolute atomic E-state index is 5.31. The third-order valence-electron chi connectivity index (χ3n) is 3.09. The van der Waals surface area contributed by atoms with Gasteiger partial charge >= 0.3 is 0 Å². The smallest absolute Gasteiger partial charge is 0.155 e. The number of hydrogen-bond acceptors (Lipinski definition) is 4. The summed E-state index contributed by atoms with van der Waals surface area (Å²) < 4.78 is 5.31. The van der Waals surface area contributed by atoms with Gasteiger partial charge in [0.1, 0.15) is 0 Å². The van der Waals surface area contributed by atoms with Gasteiger partial charge in [0.2, 0.25) is 0 Å². The highest BCUT2D eigenvalue weighted by Crippen LogP contribution is 2.31. The van der Waals surface area contributed by atoms with Crippen LogP contribution in [-0.4, -0.2) is 17.3 Å². The van der Waals surface area contributed by atoms with E-state index in [0.29, 0.717) is 0 Å². The van der Waals surface area contributed by atoms with Crippen molar-refractivity contribution in [3.63, 3.8) is 0 Å². The van der Waals surface area contributed by atoms with E-state index in [1.807, 2.05) is 6.92 Å². The van der Waals surface area contributed by atoms with Crippen molar-refractivity contribution in [3.05, 3.63) is 28.3 Å². The highest BCUT2D eigenvalue weighted by molar-refractivity contribution is 7.16. The molecular formula is C13H19N3OS. The second-order valence-electron chi connectivity index (χ2n) is 4.23. The molecule has 1 atom stereocenters. The predicted molar refractivity (Wildman–Crippen MR) is 75.7 cm³/mol. The fourth-order valence-electron chi connectivity index (χ4n) is 1.77. The van der Waals surface area contributed by atoms with Crippen LogP contribution in [-0.2, 0) is 11.2 Å². The molecule has 98 valence electrons. The Balaban J connectivity index is 2.13. The van der Waals surface area contributed by atoms with Crippen molar-refractivity contribution in [2.45, 2.75) is 33.3 Å². The van der Waals surface area contributed by atoms with Crippen LogP contribution < -0.4 is 5.32 Å². The number of aromatic nitrogens is 2. The molecule has 2 rings (SSSR count). The number of anilines is 2. The molecule has 1 unspecified atom stereocenters. The Hall–Kier alpha value is -1.33. The quantitative estimate of drug-likeness (QED) is 0.864. The first-order valence-electron chi connectivity index (χ1n) is 6.09. The molecule has 2 aromatic rings. The lowest BCUT2D eigenvalue weighted by Crippen LogP contribution is -1.91. The van der Waals surface area contributed by atoms with E-state index in [1.165, 1.54) is 16.1 Å². The number of nitrogens with zero attached hydrogens (tertiary/aromatic N) is 1. The molecule has 0 aliphatic carbocycles. The van der Waals surface area contributed by atoms with Gasteiger partial charge in [-0.3, -0.25) is 5.10 Å². The molecule has 2 heterocycles. The summed E-state index contributed by atoms with van der Waals surface area (Å²) in [5.74, 6) is 0.908. The Kier molecular flexibility index (Phi) is 4.04. The zero-order valence-electron chi connectivity index (χ0n) is 11.2. The van der Waals surface area contributed by atoms with Crippen LogP contribution in [0.5, 0.6) is 0 Å². The lowest BCUT2D eigenvalue weighted by molar-refractivity contribution is 0.122. The molecule has 0 amide bonds. The molecule has 2 aromatic heterocycles. The van der Waals surface area contributed by atoms with Gasteiger partial charge in [-0.2, -0.15) is 5.10 Å². The van der Waals surface area contributed by atoms with Crippen molar-refractivity contribution in [1.29, 1.82) is 0 Å². The van der Waals surface area contributed by atoms with Gasteiger partial charge in [-0.05, 0) is 32.4 Å². The van der Waals surface area contributed by atoms with Crippen LogP contribution in [0.25, 0.3) is 0 Å². The molecule has 4 nitrogen and oxygen atoms in total. The number of thiophene rings is 1. The Morgan fingerprint density at radius 1 is 1.50 bits per heavy atom. The van der Waals surface area contributed by atoms with Crippen molar-refractivity contribution in [3.8, 4) is 0 Å². The minimum Gasteiger partial charge on any atom is -0.376 e. The SMILES string of the molecule is CCc1[nH]nc(Nc2ccc(C(C)OC)s2)c1C. The highest BCUT2D eigenvalue weighted by Gasteiger charge is 2.11. The molecule has 2 N–H and O–H groups in total. The van der Waals surface area contributed by atoms with Gasteiger partial charge in [-0.25, -0.2) is 0 Å². The third kappa shape index (κ3) is 2.57. The molecule has 0 bridgehead atoms. The minimum absolute atomic E-state index is 0.136. The zero-order chi connectivity index (χ0) is 13.1. The summed E-state index contributed by atoms with van der Waals surface area (Å²) in [5.41, 5.74) is 2.37. The van der Waals surface area contributed by atoms with Crippen molar-refractivity contribution in [2.24, 2.45) is 0 Å². The maximum atomic E-state index is 5.31. The van der Waals surface area contributed by atoms with E-state index in [-0.39, 0.29) is 6.10 Å². The average molecular weight is 265 g/mol. The topological polar surface area (TPSA) is 49.9 Å². The predicted octanol–water partition coefficient (Wildman–Crippen LogP) is 3.79. The van der Waals surface area contributed by atoms with Gasteiger partial charge in [0.15, 0.2) is 5.82 Å². The number of nitrogens with one attached hydrogen (secondary N) is 2. The summed E-state index contributed by atoms with van der Waals surface area (Å²) in [5, 5.41) is 11.8. The Labute approximate surface area is 111 Å². The molecule has 0 aliphatic rings. The van der Waals surface area contributed by atoms with E-state index in [9.17, 15) is 0 Å². The monoisotopic (exact) mass is 265 g/mol. The fourth-order valence-corrected chi connectivity index (χ4v) is 2.71. The molecule has 0 saturated heterocycles. The largest absolute Gasteiger partial charge is 0.376 e. The number of methoxy groups -OCH3 is 1. The van der Waals surface area contributed by atoms with Crippen LogP contribution >= 0.6 is 11.3 Å². The normalized spacial score (nSPS) is 12.7. The van der Waals surface area contributed by atoms with Crippen molar-refractivity contribution in [1.82, 2.24) is 10.2 Å². The van der Waals surface area contributed by atoms with Gasteiger partial charge in [0.05, 0.1) is 11.1 Å². The summed E-state index contributed by atoms with van der Waals surface area (Å²) in [4.78, 5) is 1.21. The summed E-state index contributed by atoms with van der Waals surface area (Å²) in [6, 6.07) is 4.15. The molecule has 0 aliphatic heterocycles. The minimum atomic E-state index is 0.136. The maximum Gasteiger partial charge on any atom is 0.155 e. The van der Waals surface area contributed by atoms with Gasteiger partial charge in [-0.15, -0.1) is 11.3 Å². The first-order valence-corrected chi connectivity index (χ1v) is 6.90. The number of rotatable bonds is 5.